The van der Waals surface area contributed by atoms with E-state index < -0.39 is 10.0 Å². The van der Waals surface area contributed by atoms with E-state index in [9.17, 15) is 8.42 Å². The number of alkyl halides is 1. The molecular formula is C14H22ClNO2S. The molecule has 0 saturated heterocycles. The Bertz CT molecular complexity index is 483. The molecule has 0 aliphatic carbocycles. The van der Waals surface area contributed by atoms with Crippen LogP contribution >= 0.6 is 11.6 Å². The molecule has 0 aromatic heterocycles. The van der Waals surface area contributed by atoms with Gasteiger partial charge in [0.25, 0.3) is 0 Å². The van der Waals surface area contributed by atoms with Gasteiger partial charge in [-0.15, -0.1) is 11.6 Å². The van der Waals surface area contributed by atoms with Crippen LogP contribution in [0.3, 0.4) is 0 Å². The molecule has 19 heavy (non-hydrogen) atoms. The highest BCUT2D eigenvalue weighted by Crippen LogP contribution is 2.15. The maximum absolute atomic E-state index is 12.4. The molecule has 0 atom stereocenters. The Morgan fingerprint density at radius 1 is 1.16 bits per heavy atom. The highest BCUT2D eigenvalue weighted by molar-refractivity contribution is 7.88. The molecule has 1 aromatic carbocycles. The van der Waals surface area contributed by atoms with E-state index in [0.29, 0.717) is 12.4 Å². The topological polar surface area (TPSA) is 37.4 Å². The number of sulfonamides is 1. The fraction of sp³-hybridized carbons (Fsp3) is 0.571. The van der Waals surface area contributed by atoms with E-state index in [0.717, 1.165) is 17.5 Å². The van der Waals surface area contributed by atoms with Crippen molar-refractivity contribution in [2.45, 2.75) is 44.9 Å². The maximum atomic E-state index is 12.4. The van der Waals surface area contributed by atoms with E-state index in [1.807, 2.05) is 45.0 Å². The number of nitrogens with zero attached hydrogens (tertiary/aromatic N) is 1. The molecule has 0 saturated carbocycles. The van der Waals surface area contributed by atoms with Crippen LogP contribution in [0.1, 0.15) is 38.3 Å². The highest BCUT2D eigenvalue weighted by Gasteiger charge is 2.24. The van der Waals surface area contributed by atoms with Crippen molar-refractivity contribution in [1.29, 1.82) is 0 Å². The van der Waals surface area contributed by atoms with Gasteiger partial charge in [-0.1, -0.05) is 31.2 Å². The quantitative estimate of drug-likeness (QED) is 0.724. The van der Waals surface area contributed by atoms with Crippen molar-refractivity contribution >= 4 is 21.6 Å². The standard InChI is InChI=1S/C14H22ClNO2S/c1-4-9-16(12(2)3)19(17,18)11-14-7-5-13(10-15)6-8-14/h5-8,12H,4,9-11H2,1-3H3. The second-order valence-electron chi connectivity index (χ2n) is 4.91. The largest absolute Gasteiger partial charge is 0.218 e. The normalized spacial score (nSPS) is 12.3. The lowest BCUT2D eigenvalue weighted by molar-refractivity contribution is 0.353. The number of halogens is 1. The number of hydrogen-bond acceptors (Lipinski definition) is 2. The minimum Gasteiger partial charge on any atom is -0.212 e. The van der Waals surface area contributed by atoms with Gasteiger partial charge in [0.15, 0.2) is 0 Å². The first-order chi connectivity index (χ1) is 8.90. The van der Waals surface area contributed by atoms with Crippen LogP contribution in [0, 0.1) is 0 Å². The fourth-order valence-electron chi connectivity index (χ4n) is 1.96. The van der Waals surface area contributed by atoms with Crippen LogP contribution in [0.4, 0.5) is 0 Å². The van der Waals surface area contributed by atoms with Gasteiger partial charge in [0.1, 0.15) is 0 Å². The van der Waals surface area contributed by atoms with Crippen molar-refractivity contribution in [3.05, 3.63) is 35.4 Å². The third-order valence-electron chi connectivity index (χ3n) is 2.90. The van der Waals surface area contributed by atoms with Crippen molar-refractivity contribution in [1.82, 2.24) is 4.31 Å². The molecule has 1 rings (SSSR count). The molecule has 0 amide bonds. The zero-order chi connectivity index (χ0) is 14.5. The van der Waals surface area contributed by atoms with Crippen molar-refractivity contribution in [2.24, 2.45) is 0 Å². The predicted octanol–water partition coefficient (Wildman–Crippen LogP) is 3.38. The summed E-state index contributed by atoms with van der Waals surface area (Å²) in [5.74, 6) is 0.495. The summed E-state index contributed by atoms with van der Waals surface area (Å²) in [5, 5.41) is 0. The van der Waals surface area contributed by atoms with E-state index in [1.54, 1.807) is 4.31 Å². The molecule has 108 valence electrons. The molecule has 5 heteroatoms. The van der Waals surface area contributed by atoms with Gasteiger partial charge >= 0.3 is 0 Å². The molecular weight excluding hydrogens is 282 g/mol. The number of hydrogen-bond donors (Lipinski definition) is 0. The Morgan fingerprint density at radius 2 is 1.68 bits per heavy atom. The summed E-state index contributed by atoms with van der Waals surface area (Å²) < 4.78 is 26.3. The molecule has 1 aromatic rings. The maximum Gasteiger partial charge on any atom is 0.218 e. The van der Waals surface area contributed by atoms with E-state index >= 15 is 0 Å². The number of rotatable bonds is 7. The molecule has 0 radical (unpaired) electrons. The average molecular weight is 304 g/mol. The fourth-order valence-corrected chi connectivity index (χ4v) is 4.02. The van der Waals surface area contributed by atoms with Crippen LogP contribution < -0.4 is 0 Å². The molecule has 0 fully saturated rings. The van der Waals surface area contributed by atoms with Crippen LogP contribution in [-0.4, -0.2) is 25.3 Å². The predicted molar refractivity (Wildman–Crippen MR) is 80.8 cm³/mol. The van der Waals surface area contributed by atoms with Gasteiger partial charge in [0, 0.05) is 18.5 Å². The van der Waals surface area contributed by atoms with Crippen LogP contribution in [0.2, 0.25) is 0 Å². The zero-order valence-corrected chi connectivity index (χ0v) is 13.3. The molecule has 0 heterocycles. The van der Waals surface area contributed by atoms with Gasteiger partial charge < -0.3 is 0 Å². The Balaban J connectivity index is 2.87. The third kappa shape index (κ3) is 4.79. The summed E-state index contributed by atoms with van der Waals surface area (Å²) in [6.07, 6.45) is 0.822. The summed E-state index contributed by atoms with van der Waals surface area (Å²) in [6, 6.07) is 7.40. The second kappa shape index (κ2) is 7.27. The third-order valence-corrected chi connectivity index (χ3v) is 5.23. The minimum absolute atomic E-state index is 0.00735. The van der Waals surface area contributed by atoms with Crippen molar-refractivity contribution in [2.75, 3.05) is 6.54 Å². The van der Waals surface area contributed by atoms with Gasteiger partial charge in [-0.3, -0.25) is 0 Å². The average Bonchev–Trinajstić information content (AvgIpc) is 2.35. The van der Waals surface area contributed by atoms with Crippen LogP contribution in [0.15, 0.2) is 24.3 Å². The summed E-state index contributed by atoms with van der Waals surface area (Å²) in [5.41, 5.74) is 1.80. The van der Waals surface area contributed by atoms with E-state index in [4.69, 9.17) is 11.6 Å². The van der Waals surface area contributed by atoms with Gasteiger partial charge in [-0.05, 0) is 31.4 Å². The highest BCUT2D eigenvalue weighted by atomic mass is 35.5. The number of benzene rings is 1. The minimum atomic E-state index is -3.26. The van der Waals surface area contributed by atoms with Crippen molar-refractivity contribution < 1.29 is 8.42 Å². The molecule has 0 unspecified atom stereocenters. The molecule has 0 aliphatic heterocycles. The first-order valence-corrected chi connectivity index (χ1v) is 8.68. The lowest BCUT2D eigenvalue weighted by Crippen LogP contribution is -2.38. The molecule has 0 N–H and O–H groups in total. The van der Waals surface area contributed by atoms with Crippen LogP contribution in [-0.2, 0) is 21.7 Å². The first kappa shape index (κ1) is 16.5. The second-order valence-corrected chi connectivity index (χ2v) is 7.10. The van der Waals surface area contributed by atoms with E-state index in [-0.39, 0.29) is 11.8 Å². The molecule has 0 aliphatic rings. The Morgan fingerprint density at radius 3 is 2.11 bits per heavy atom. The summed E-state index contributed by atoms with van der Waals surface area (Å²) in [6.45, 7) is 6.37. The summed E-state index contributed by atoms with van der Waals surface area (Å²) in [7, 11) is -3.26. The van der Waals surface area contributed by atoms with Gasteiger partial charge in [0.05, 0.1) is 5.75 Å². The summed E-state index contributed by atoms with van der Waals surface area (Å²) in [4.78, 5) is 0. The van der Waals surface area contributed by atoms with Crippen molar-refractivity contribution in [3.8, 4) is 0 Å². The lowest BCUT2D eigenvalue weighted by Gasteiger charge is -2.25. The van der Waals surface area contributed by atoms with Crippen LogP contribution in [0.5, 0.6) is 0 Å². The lowest BCUT2D eigenvalue weighted by atomic mass is 10.2. The monoisotopic (exact) mass is 303 g/mol. The first-order valence-electron chi connectivity index (χ1n) is 6.54. The molecule has 0 spiro atoms. The molecule has 3 nitrogen and oxygen atoms in total. The molecule has 0 bridgehead atoms. The van der Waals surface area contributed by atoms with E-state index in [1.165, 1.54) is 0 Å². The summed E-state index contributed by atoms with van der Waals surface area (Å²) >= 11 is 5.72. The SMILES string of the molecule is CCCN(C(C)C)S(=O)(=O)Cc1ccc(CCl)cc1. The Hall–Kier alpha value is -0.580. The van der Waals surface area contributed by atoms with Gasteiger partial charge in [-0.25, -0.2) is 8.42 Å². The van der Waals surface area contributed by atoms with Crippen molar-refractivity contribution in [3.63, 3.8) is 0 Å². The van der Waals surface area contributed by atoms with Crippen LogP contribution in [0.25, 0.3) is 0 Å². The van der Waals surface area contributed by atoms with E-state index in [2.05, 4.69) is 0 Å². The smallest absolute Gasteiger partial charge is 0.212 e. The van der Waals surface area contributed by atoms with Gasteiger partial charge in [0.2, 0.25) is 10.0 Å². The zero-order valence-electron chi connectivity index (χ0n) is 11.8. The van der Waals surface area contributed by atoms with Gasteiger partial charge in [-0.2, -0.15) is 4.31 Å². The Kier molecular flexibility index (Phi) is 6.30. The Labute approximate surface area is 121 Å².